The van der Waals surface area contributed by atoms with E-state index in [9.17, 15) is 9.90 Å². The van der Waals surface area contributed by atoms with Crippen LogP contribution in [0.3, 0.4) is 0 Å². The Hall–Kier alpha value is -2.51. The number of hydrogen-bond acceptors (Lipinski definition) is 3. The van der Waals surface area contributed by atoms with E-state index in [1.807, 2.05) is 6.92 Å². The number of aryl methyl sites for hydroxylation is 1. The molecule has 0 saturated carbocycles. The fourth-order valence-electron chi connectivity index (χ4n) is 1.96. The normalized spacial score (nSPS) is 9.95. The Morgan fingerprint density at radius 1 is 1.33 bits per heavy atom. The van der Waals surface area contributed by atoms with Crippen molar-refractivity contribution in [1.82, 2.24) is 0 Å². The van der Waals surface area contributed by atoms with Crippen molar-refractivity contribution < 1.29 is 9.90 Å². The maximum absolute atomic E-state index is 12.2. The minimum Gasteiger partial charge on any atom is -0.507 e. The largest absolute Gasteiger partial charge is 0.507 e. The maximum atomic E-state index is 12.2. The van der Waals surface area contributed by atoms with Crippen LogP contribution in [-0.2, 0) is 6.42 Å². The number of phenolic OH excluding ortho intramolecular Hbond substituents is 1. The van der Waals surface area contributed by atoms with Gasteiger partial charge in [0.25, 0.3) is 5.91 Å². The molecule has 1 amide bonds. The van der Waals surface area contributed by atoms with Gasteiger partial charge in [-0.15, -0.1) is 0 Å². The number of amides is 1. The summed E-state index contributed by atoms with van der Waals surface area (Å²) in [6.45, 7) is 1.93. The summed E-state index contributed by atoms with van der Waals surface area (Å²) in [5.41, 5.74) is 2.11. The van der Waals surface area contributed by atoms with Crippen LogP contribution in [0.4, 0.5) is 5.69 Å². The summed E-state index contributed by atoms with van der Waals surface area (Å²) in [6, 6.07) is 11.4. The lowest BCUT2D eigenvalue weighted by Gasteiger charge is -2.11. The highest BCUT2D eigenvalue weighted by Gasteiger charge is 2.13. The molecule has 0 saturated heterocycles. The molecule has 106 valence electrons. The van der Waals surface area contributed by atoms with Gasteiger partial charge in [-0.1, -0.05) is 18.5 Å². The van der Waals surface area contributed by atoms with E-state index in [0.717, 1.165) is 5.56 Å². The zero-order chi connectivity index (χ0) is 15.4. The third kappa shape index (κ3) is 3.33. The summed E-state index contributed by atoms with van der Waals surface area (Å²) in [5.74, 6) is -0.585. The molecule has 0 radical (unpaired) electrons. The molecule has 0 fully saturated rings. The molecule has 2 N–H and O–H groups in total. The van der Waals surface area contributed by atoms with Gasteiger partial charge in [-0.2, -0.15) is 5.26 Å². The first-order valence-electron chi connectivity index (χ1n) is 6.38. The lowest BCUT2D eigenvalue weighted by atomic mass is 10.1. The molecule has 0 aromatic heterocycles. The number of hydrogen-bond donors (Lipinski definition) is 2. The van der Waals surface area contributed by atoms with E-state index in [1.54, 1.807) is 18.2 Å². The summed E-state index contributed by atoms with van der Waals surface area (Å²) in [4.78, 5) is 12.2. The zero-order valence-electron chi connectivity index (χ0n) is 11.4. The van der Waals surface area contributed by atoms with Crippen LogP contribution in [-0.4, -0.2) is 11.0 Å². The van der Waals surface area contributed by atoms with Gasteiger partial charge >= 0.3 is 0 Å². The van der Waals surface area contributed by atoms with Gasteiger partial charge in [-0.3, -0.25) is 4.79 Å². The molecule has 0 aliphatic carbocycles. The van der Waals surface area contributed by atoms with E-state index in [0.29, 0.717) is 22.7 Å². The van der Waals surface area contributed by atoms with E-state index in [-0.39, 0.29) is 11.3 Å². The molecule has 0 heterocycles. The predicted octanol–water partition coefficient (Wildman–Crippen LogP) is 3.73. The van der Waals surface area contributed by atoms with E-state index < -0.39 is 5.91 Å². The first-order valence-corrected chi connectivity index (χ1v) is 6.76. The van der Waals surface area contributed by atoms with Crippen LogP contribution in [0.5, 0.6) is 5.75 Å². The molecular weight excluding hydrogens is 288 g/mol. The van der Waals surface area contributed by atoms with Crippen molar-refractivity contribution in [3.8, 4) is 11.8 Å². The minimum absolute atomic E-state index is 0.105. The highest BCUT2D eigenvalue weighted by atomic mass is 35.5. The number of anilines is 1. The van der Waals surface area contributed by atoms with E-state index >= 15 is 0 Å². The van der Waals surface area contributed by atoms with Crippen molar-refractivity contribution in [2.24, 2.45) is 0 Å². The summed E-state index contributed by atoms with van der Waals surface area (Å²) >= 11 is 5.83. The summed E-state index contributed by atoms with van der Waals surface area (Å²) in [6.07, 6.45) is 0.673. The Morgan fingerprint density at radius 3 is 2.76 bits per heavy atom. The number of nitrogens with one attached hydrogen (secondary N) is 1. The van der Waals surface area contributed by atoms with Crippen molar-refractivity contribution in [1.29, 1.82) is 5.26 Å². The van der Waals surface area contributed by atoms with Crippen molar-refractivity contribution in [3.63, 3.8) is 0 Å². The number of phenols is 1. The van der Waals surface area contributed by atoms with Crippen molar-refractivity contribution >= 4 is 23.2 Å². The van der Waals surface area contributed by atoms with E-state index in [2.05, 4.69) is 11.4 Å². The number of nitrogens with zero attached hydrogens (tertiary/aromatic N) is 1. The van der Waals surface area contributed by atoms with Crippen LogP contribution in [0, 0.1) is 11.3 Å². The molecule has 2 aromatic carbocycles. The Labute approximate surface area is 127 Å². The van der Waals surface area contributed by atoms with Gasteiger partial charge in [0, 0.05) is 10.7 Å². The second-order valence-electron chi connectivity index (χ2n) is 4.45. The fourth-order valence-corrected chi connectivity index (χ4v) is 2.13. The van der Waals surface area contributed by atoms with E-state index in [4.69, 9.17) is 16.9 Å². The summed E-state index contributed by atoms with van der Waals surface area (Å²) in [5, 5.41) is 21.7. The SMILES string of the molecule is CCc1cc(C#N)ccc1NC(=O)c1cc(Cl)ccc1O. The lowest BCUT2D eigenvalue weighted by Crippen LogP contribution is -2.13. The second-order valence-corrected chi connectivity index (χ2v) is 4.89. The molecule has 0 atom stereocenters. The van der Waals surface area contributed by atoms with Gasteiger partial charge in [-0.25, -0.2) is 0 Å². The number of halogens is 1. The Bertz CT molecular complexity index is 736. The van der Waals surface area contributed by atoms with Crippen molar-refractivity contribution in [2.75, 3.05) is 5.32 Å². The standard InChI is InChI=1S/C16H13ClN2O2/c1-2-11-7-10(9-18)3-5-14(11)19-16(21)13-8-12(17)4-6-15(13)20/h3-8,20H,2H2,1H3,(H,19,21). The third-order valence-electron chi connectivity index (χ3n) is 3.07. The fraction of sp³-hybridized carbons (Fsp3) is 0.125. The van der Waals surface area contributed by atoms with Gasteiger partial charge in [-0.05, 0) is 48.4 Å². The third-order valence-corrected chi connectivity index (χ3v) is 3.30. The van der Waals surface area contributed by atoms with Crippen LogP contribution in [0.1, 0.15) is 28.4 Å². The summed E-state index contributed by atoms with van der Waals surface area (Å²) in [7, 11) is 0. The van der Waals surface area contributed by atoms with Gasteiger partial charge in [0.2, 0.25) is 0 Å². The van der Waals surface area contributed by atoms with Crippen LogP contribution in [0.15, 0.2) is 36.4 Å². The molecule has 5 heteroatoms. The number of carbonyl (C=O) groups excluding carboxylic acids is 1. The predicted molar refractivity (Wildman–Crippen MR) is 81.6 cm³/mol. The first kappa shape index (κ1) is 14.9. The van der Waals surface area contributed by atoms with Gasteiger partial charge in [0.15, 0.2) is 0 Å². The Balaban J connectivity index is 2.32. The first-order chi connectivity index (χ1) is 10.0. The lowest BCUT2D eigenvalue weighted by molar-refractivity contribution is 0.102. The number of rotatable bonds is 3. The molecular formula is C16H13ClN2O2. The molecule has 0 aliphatic rings. The van der Waals surface area contributed by atoms with Gasteiger partial charge in [0.1, 0.15) is 5.75 Å². The molecule has 4 nitrogen and oxygen atoms in total. The van der Waals surface area contributed by atoms with Crippen LogP contribution in [0.25, 0.3) is 0 Å². The van der Waals surface area contributed by atoms with Crippen LogP contribution >= 0.6 is 11.6 Å². The van der Waals surface area contributed by atoms with Crippen molar-refractivity contribution in [3.05, 3.63) is 58.1 Å². The van der Waals surface area contributed by atoms with E-state index in [1.165, 1.54) is 18.2 Å². The molecule has 0 spiro atoms. The van der Waals surface area contributed by atoms with Gasteiger partial charge in [0.05, 0.1) is 17.2 Å². The zero-order valence-corrected chi connectivity index (χ0v) is 12.1. The number of carbonyl (C=O) groups is 1. The highest BCUT2D eigenvalue weighted by Crippen LogP contribution is 2.24. The number of benzene rings is 2. The monoisotopic (exact) mass is 300 g/mol. The smallest absolute Gasteiger partial charge is 0.259 e. The number of aromatic hydroxyl groups is 1. The highest BCUT2D eigenvalue weighted by molar-refractivity contribution is 6.31. The molecule has 0 unspecified atom stereocenters. The minimum atomic E-state index is -0.450. The van der Waals surface area contributed by atoms with Crippen molar-refractivity contribution in [2.45, 2.75) is 13.3 Å². The number of nitriles is 1. The molecule has 0 aliphatic heterocycles. The topological polar surface area (TPSA) is 73.1 Å². The maximum Gasteiger partial charge on any atom is 0.259 e. The van der Waals surface area contributed by atoms with Crippen LogP contribution < -0.4 is 5.32 Å². The van der Waals surface area contributed by atoms with Gasteiger partial charge < -0.3 is 10.4 Å². The molecule has 2 aromatic rings. The quantitative estimate of drug-likeness (QED) is 0.907. The van der Waals surface area contributed by atoms with Crippen LogP contribution in [0.2, 0.25) is 5.02 Å². The average molecular weight is 301 g/mol. The summed E-state index contributed by atoms with van der Waals surface area (Å²) < 4.78 is 0. The second kappa shape index (κ2) is 6.29. The Morgan fingerprint density at radius 2 is 2.10 bits per heavy atom. The molecule has 21 heavy (non-hydrogen) atoms. The molecule has 2 rings (SSSR count). The average Bonchev–Trinajstić information content (AvgIpc) is 2.49. The molecule has 0 bridgehead atoms. The Kier molecular flexibility index (Phi) is 4.46.